The predicted molar refractivity (Wildman–Crippen MR) is 128 cm³/mol. The first-order valence-electron chi connectivity index (χ1n) is 10.6. The van der Waals surface area contributed by atoms with Crippen LogP contribution in [0.2, 0.25) is 0 Å². The number of hydrogen-bond donors (Lipinski definition) is 1. The lowest BCUT2D eigenvalue weighted by atomic mass is 10.0. The van der Waals surface area contributed by atoms with Gasteiger partial charge in [-0.05, 0) is 85.1 Å². The molecule has 0 unspecified atom stereocenters. The van der Waals surface area contributed by atoms with Crippen molar-refractivity contribution in [2.75, 3.05) is 30.4 Å². The van der Waals surface area contributed by atoms with Crippen molar-refractivity contribution in [1.29, 1.82) is 0 Å². The van der Waals surface area contributed by atoms with Crippen LogP contribution >= 0.6 is 0 Å². The van der Waals surface area contributed by atoms with Crippen LogP contribution in [-0.4, -0.2) is 41.1 Å². The van der Waals surface area contributed by atoms with E-state index in [1.54, 1.807) is 42.5 Å². The summed E-state index contributed by atoms with van der Waals surface area (Å²) in [5.41, 5.74) is 2.73. The highest BCUT2D eigenvalue weighted by Gasteiger charge is 2.29. The van der Waals surface area contributed by atoms with Gasteiger partial charge in [-0.1, -0.05) is 0 Å². The van der Waals surface area contributed by atoms with Gasteiger partial charge in [0.25, 0.3) is 15.9 Å². The van der Waals surface area contributed by atoms with Gasteiger partial charge in [-0.3, -0.25) is 9.10 Å². The van der Waals surface area contributed by atoms with Crippen molar-refractivity contribution >= 4 is 33.3 Å². The number of sulfonamides is 1. The van der Waals surface area contributed by atoms with Gasteiger partial charge in [-0.25, -0.2) is 13.2 Å². The Morgan fingerprint density at radius 1 is 0.912 bits per heavy atom. The Labute approximate surface area is 198 Å². The zero-order valence-electron chi connectivity index (χ0n) is 18.8. The Kier molecular flexibility index (Phi) is 6.56. The molecule has 0 atom stereocenters. The van der Waals surface area contributed by atoms with Gasteiger partial charge in [0.2, 0.25) is 0 Å². The van der Waals surface area contributed by atoms with E-state index in [2.05, 4.69) is 10.1 Å². The van der Waals surface area contributed by atoms with Gasteiger partial charge in [0.1, 0.15) is 5.75 Å². The quantitative estimate of drug-likeness (QED) is 0.538. The van der Waals surface area contributed by atoms with Crippen LogP contribution in [0.15, 0.2) is 71.6 Å². The molecule has 0 spiro atoms. The van der Waals surface area contributed by atoms with Gasteiger partial charge < -0.3 is 14.8 Å². The number of esters is 1. The fourth-order valence-corrected chi connectivity index (χ4v) is 5.38. The van der Waals surface area contributed by atoms with E-state index >= 15 is 0 Å². The largest absolute Gasteiger partial charge is 0.497 e. The molecule has 1 amide bonds. The van der Waals surface area contributed by atoms with Gasteiger partial charge in [0.05, 0.1) is 30.4 Å². The van der Waals surface area contributed by atoms with E-state index in [4.69, 9.17) is 4.74 Å². The minimum atomic E-state index is -3.74. The molecule has 0 saturated heterocycles. The molecule has 0 bridgehead atoms. The minimum absolute atomic E-state index is 0.189. The number of carbonyl (C=O) groups excluding carboxylic acids is 2. The molecule has 8 nitrogen and oxygen atoms in total. The number of rotatable bonds is 6. The first-order valence-corrected chi connectivity index (χ1v) is 12.1. The number of amides is 1. The summed E-state index contributed by atoms with van der Waals surface area (Å²) in [5, 5.41) is 2.83. The molecule has 1 heterocycles. The van der Waals surface area contributed by atoms with E-state index in [0.29, 0.717) is 47.6 Å². The molecule has 1 aliphatic heterocycles. The van der Waals surface area contributed by atoms with Crippen LogP contribution in [0.5, 0.6) is 5.75 Å². The maximum absolute atomic E-state index is 13.3. The minimum Gasteiger partial charge on any atom is -0.497 e. The molecule has 0 aliphatic carbocycles. The zero-order chi connectivity index (χ0) is 24.3. The van der Waals surface area contributed by atoms with Gasteiger partial charge in [-0.15, -0.1) is 0 Å². The Balaban J connectivity index is 1.54. The van der Waals surface area contributed by atoms with Crippen molar-refractivity contribution in [3.63, 3.8) is 0 Å². The van der Waals surface area contributed by atoms with Crippen LogP contribution in [0.25, 0.3) is 0 Å². The molecule has 1 N–H and O–H groups in total. The summed E-state index contributed by atoms with van der Waals surface area (Å²) in [5.74, 6) is -0.232. The number of ether oxygens (including phenoxy) is 2. The third-order valence-corrected chi connectivity index (χ3v) is 7.46. The van der Waals surface area contributed by atoms with Gasteiger partial charge in [-0.2, -0.15) is 0 Å². The van der Waals surface area contributed by atoms with Crippen LogP contribution in [-0.2, 0) is 21.2 Å². The number of anilines is 2. The molecule has 34 heavy (non-hydrogen) atoms. The third kappa shape index (κ3) is 4.60. The van der Waals surface area contributed by atoms with Gasteiger partial charge >= 0.3 is 5.97 Å². The Bertz CT molecular complexity index is 1320. The summed E-state index contributed by atoms with van der Waals surface area (Å²) in [4.78, 5) is 24.4. The maximum Gasteiger partial charge on any atom is 0.337 e. The summed E-state index contributed by atoms with van der Waals surface area (Å²) in [6.07, 6.45) is 1.36. The summed E-state index contributed by atoms with van der Waals surface area (Å²) in [6, 6.07) is 17.6. The first-order chi connectivity index (χ1) is 16.3. The Morgan fingerprint density at radius 2 is 1.59 bits per heavy atom. The lowest BCUT2D eigenvalue weighted by Crippen LogP contribution is -2.35. The van der Waals surface area contributed by atoms with Crippen LogP contribution in [0.4, 0.5) is 11.4 Å². The maximum atomic E-state index is 13.3. The standard InChI is InChI=1S/C25H24N2O6S/c1-32-21-10-12-22(13-11-21)34(30,31)27-15-3-4-19-16-20(9-14-23(19)27)26-24(28)17-5-7-18(8-6-17)25(29)33-2/h5-14,16H,3-4,15H2,1-2H3,(H,26,28). The highest BCUT2D eigenvalue weighted by Crippen LogP contribution is 2.34. The number of benzene rings is 3. The van der Waals surface area contributed by atoms with E-state index in [0.717, 1.165) is 5.56 Å². The van der Waals surface area contributed by atoms with Crippen molar-refractivity contribution < 1.29 is 27.5 Å². The average molecular weight is 481 g/mol. The van der Waals surface area contributed by atoms with Gasteiger partial charge in [0.15, 0.2) is 0 Å². The van der Waals surface area contributed by atoms with Crippen molar-refractivity contribution in [2.45, 2.75) is 17.7 Å². The van der Waals surface area contributed by atoms with E-state index < -0.39 is 16.0 Å². The number of aryl methyl sites for hydroxylation is 1. The molecule has 0 radical (unpaired) electrons. The molecule has 9 heteroatoms. The fraction of sp³-hybridized carbons (Fsp3) is 0.200. The monoisotopic (exact) mass is 480 g/mol. The normalized spacial score (nSPS) is 13.1. The molecule has 4 rings (SSSR count). The lowest BCUT2D eigenvalue weighted by molar-refractivity contribution is 0.0600. The molecular formula is C25H24N2O6S. The Morgan fingerprint density at radius 3 is 2.24 bits per heavy atom. The highest BCUT2D eigenvalue weighted by atomic mass is 32.2. The molecule has 3 aromatic rings. The van der Waals surface area contributed by atoms with Crippen LogP contribution in [0.3, 0.4) is 0 Å². The van der Waals surface area contributed by atoms with Crippen LogP contribution in [0.1, 0.15) is 32.7 Å². The van der Waals surface area contributed by atoms with Crippen molar-refractivity contribution in [2.24, 2.45) is 0 Å². The lowest BCUT2D eigenvalue weighted by Gasteiger charge is -2.31. The molecule has 1 aliphatic rings. The SMILES string of the molecule is COC(=O)c1ccc(C(=O)Nc2ccc3c(c2)CCCN3S(=O)(=O)c2ccc(OC)cc2)cc1. The number of methoxy groups -OCH3 is 2. The first kappa shape index (κ1) is 23.3. The van der Waals surface area contributed by atoms with Crippen LogP contribution in [0, 0.1) is 0 Å². The summed E-state index contributed by atoms with van der Waals surface area (Å²) in [6.45, 7) is 0.375. The topological polar surface area (TPSA) is 102 Å². The highest BCUT2D eigenvalue weighted by molar-refractivity contribution is 7.92. The van der Waals surface area contributed by atoms with Crippen LogP contribution < -0.4 is 14.4 Å². The number of nitrogens with one attached hydrogen (secondary N) is 1. The van der Waals surface area contributed by atoms with E-state index in [-0.39, 0.29) is 10.8 Å². The van der Waals surface area contributed by atoms with E-state index in [1.165, 1.54) is 42.8 Å². The number of fused-ring (bicyclic) bond motifs is 1. The third-order valence-electron chi connectivity index (χ3n) is 5.63. The molecule has 0 fully saturated rings. The van der Waals surface area contributed by atoms with Crippen molar-refractivity contribution in [1.82, 2.24) is 0 Å². The number of carbonyl (C=O) groups is 2. The van der Waals surface area contributed by atoms with E-state index in [1.807, 2.05) is 0 Å². The predicted octanol–water partition coefficient (Wildman–Crippen LogP) is 3.88. The number of nitrogens with zero attached hydrogens (tertiary/aromatic N) is 1. The van der Waals surface area contributed by atoms with Gasteiger partial charge in [0, 0.05) is 17.8 Å². The average Bonchev–Trinajstić information content (AvgIpc) is 2.87. The molecule has 0 saturated carbocycles. The van der Waals surface area contributed by atoms with E-state index in [9.17, 15) is 18.0 Å². The summed E-state index contributed by atoms with van der Waals surface area (Å²) in [7, 11) is -0.920. The number of hydrogen-bond acceptors (Lipinski definition) is 6. The molecule has 176 valence electrons. The second-order valence-corrected chi connectivity index (χ2v) is 9.59. The molecule has 3 aromatic carbocycles. The summed E-state index contributed by atoms with van der Waals surface area (Å²) < 4.78 is 37.7. The zero-order valence-corrected chi connectivity index (χ0v) is 19.6. The molecule has 0 aromatic heterocycles. The second kappa shape index (κ2) is 9.56. The summed E-state index contributed by atoms with van der Waals surface area (Å²) >= 11 is 0. The second-order valence-electron chi connectivity index (χ2n) is 7.72. The molecular weight excluding hydrogens is 456 g/mol. The van der Waals surface area contributed by atoms with Crippen molar-refractivity contribution in [3.8, 4) is 5.75 Å². The fourth-order valence-electron chi connectivity index (χ4n) is 3.84. The smallest absolute Gasteiger partial charge is 0.337 e. The Hall–Kier alpha value is -3.85. The van der Waals surface area contributed by atoms with Crippen molar-refractivity contribution in [3.05, 3.63) is 83.4 Å².